The van der Waals surface area contributed by atoms with Gasteiger partial charge in [0, 0.05) is 0 Å². The molecule has 1 aromatic carbocycles. The van der Waals surface area contributed by atoms with Crippen LogP contribution in [0, 0.1) is 0 Å². The van der Waals surface area contributed by atoms with Crippen molar-refractivity contribution in [2.75, 3.05) is 0 Å². The van der Waals surface area contributed by atoms with Crippen LogP contribution in [0.3, 0.4) is 0 Å². The Hall–Kier alpha value is -0.890. The van der Waals surface area contributed by atoms with Gasteiger partial charge in [0.05, 0.1) is 9.79 Å². The number of aromatic nitrogens is 4. The van der Waals surface area contributed by atoms with Crippen molar-refractivity contribution in [2.24, 2.45) is 0 Å². The molecule has 0 saturated heterocycles. The fourth-order valence-corrected chi connectivity index (χ4v) is 2.05. The van der Waals surface area contributed by atoms with E-state index in [1.165, 1.54) is 6.33 Å². The minimum Gasteiger partial charge on any atom is -1.00 e. The smallest absolute Gasteiger partial charge is 1.00 e. The number of H-pyrrole nitrogens is 1. The Morgan fingerprint density at radius 3 is 1.80 bits per heavy atom. The Bertz CT molecular complexity index is 672. The molecule has 0 aliphatic carbocycles. The zero-order valence-corrected chi connectivity index (χ0v) is 13.7. The predicted octanol–water partition coefficient (Wildman–Crippen LogP) is -3.50. The number of benzene rings is 1. The van der Waals surface area contributed by atoms with Crippen LogP contribution in [0.15, 0.2) is 40.4 Å². The van der Waals surface area contributed by atoms with E-state index in [2.05, 4.69) is 20.6 Å². The van der Waals surface area contributed by atoms with Gasteiger partial charge in [-0.1, -0.05) is 11.3 Å². The first kappa shape index (κ1) is 19.1. The van der Waals surface area contributed by atoms with Gasteiger partial charge in [0.1, 0.15) is 0 Å². The zero-order chi connectivity index (χ0) is 14.5. The van der Waals surface area contributed by atoms with E-state index in [1.54, 1.807) is 0 Å². The number of nitrogens with zero attached hydrogens (tertiary/aromatic N) is 3. The Kier molecular flexibility index (Phi) is 7.43. The van der Waals surface area contributed by atoms with Crippen LogP contribution < -0.4 is 29.6 Å². The molecule has 0 radical (unpaired) electrons. The Morgan fingerprint density at radius 2 is 1.55 bits per heavy atom. The fraction of sp³-hybridized carbons (Fsp3) is 0. The molecule has 2 rings (SSSR count). The number of aromatic amines is 1. The van der Waals surface area contributed by atoms with Crippen molar-refractivity contribution in [3.05, 3.63) is 30.6 Å². The van der Waals surface area contributed by atoms with Crippen LogP contribution in [0.25, 0.3) is 0 Å². The molecule has 3 N–H and O–H groups in total. The second-order valence-electron chi connectivity index (χ2n) is 2.99. The van der Waals surface area contributed by atoms with Crippen molar-refractivity contribution in [3.8, 4) is 0 Å². The molecule has 0 spiro atoms. The van der Waals surface area contributed by atoms with E-state index in [9.17, 15) is 16.8 Å². The van der Waals surface area contributed by atoms with E-state index < -0.39 is 30.0 Å². The summed E-state index contributed by atoms with van der Waals surface area (Å²) in [6.07, 6.45) is 1.33. The number of hydrogen-bond acceptors (Lipinski definition) is 7. The summed E-state index contributed by atoms with van der Waals surface area (Å²) >= 11 is 0. The number of tetrazole rings is 1. The molecular formula is C7H9N4NaO6S2. The maximum atomic E-state index is 10.6. The van der Waals surface area contributed by atoms with Crippen molar-refractivity contribution >= 4 is 20.2 Å². The van der Waals surface area contributed by atoms with Crippen LogP contribution in [-0.2, 0) is 20.2 Å². The maximum Gasteiger partial charge on any atom is 1.00 e. The van der Waals surface area contributed by atoms with Gasteiger partial charge in [0.15, 0.2) is 6.33 Å². The molecule has 0 atom stereocenters. The molecule has 1 aromatic heterocycles. The van der Waals surface area contributed by atoms with Gasteiger partial charge in [-0.05, 0) is 18.2 Å². The second-order valence-corrected chi connectivity index (χ2v) is 5.83. The minimum atomic E-state index is -4.46. The van der Waals surface area contributed by atoms with Gasteiger partial charge in [-0.15, -0.1) is 10.2 Å². The second kappa shape index (κ2) is 7.78. The van der Waals surface area contributed by atoms with Crippen molar-refractivity contribution in [1.82, 2.24) is 20.6 Å². The molecule has 0 amide bonds. The van der Waals surface area contributed by atoms with Crippen molar-refractivity contribution in [3.63, 3.8) is 0 Å². The van der Waals surface area contributed by atoms with Gasteiger partial charge >= 0.3 is 29.6 Å². The van der Waals surface area contributed by atoms with Crippen molar-refractivity contribution < 1.29 is 56.9 Å². The van der Waals surface area contributed by atoms with E-state index in [0.717, 1.165) is 18.2 Å². The third kappa shape index (κ3) is 6.51. The van der Waals surface area contributed by atoms with Gasteiger partial charge in [-0.3, -0.25) is 9.11 Å². The maximum absolute atomic E-state index is 10.6. The summed E-state index contributed by atoms with van der Waals surface area (Å²) in [5, 5.41) is 12.2. The van der Waals surface area contributed by atoms with Crippen LogP contribution >= 0.6 is 0 Å². The molecule has 0 saturated carbocycles. The molecule has 10 nitrogen and oxygen atoms in total. The van der Waals surface area contributed by atoms with Crippen LogP contribution in [0.1, 0.15) is 1.43 Å². The predicted molar refractivity (Wildman–Crippen MR) is 61.4 cm³/mol. The van der Waals surface area contributed by atoms with Crippen LogP contribution in [0.5, 0.6) is 0 Å². The average molecular weight is 332 g/mol. The largest absolute Gasteiger partial charge is 1.00 e. The average Bonchev–Trinajstić information content (AvgIpc) is 2.85. The molecule has 13 heteroatoms. The molecular weight excluding hydrogens is 323 g/mol. The standard InChI is InChI=1S/C6H6O6S2.CH2N4.Na.H/c7-13(8,9)5-2-1-3-6(4-5)14(10,11)12;1-2-4-5-3-1;;/h1-4H,(H,7,8,9)(H,10,11,12);1H,(H,2,3,4,5);;/q;;+1;-1. The van der Waals surface area contributed by atoms with Crippen LogP contribution in [0.4, 0.5) is 0 Å². The van der Waals surface area contributed by atoms with Crippen molar-refractivity contribution in [1.29, 1.82) is 0 Å². The Morgan fingerprint density at radius 1 is 1.05 bits per heavy atom. The van der Waals surface area contributed by atoms with Gasteiger partial charge in [0.25, 0.3) is 20.2 Å². The summed E-state index contributed by atoms with van der Waals surface area (Å²) in [5.74, 6) is 0. The van der Waals surface area contributed by atoms with Gasteiger partial charge in [0.2, 0.25) is 0 Å². The number of nitrogens with one attached hydrogen (secondary N) is 1. The summed E-state index contributed by atoms with van der Waals surface area (Å²) in [7, 11) is -8.92. The topological polar surface area (TPSA) is 163 Å². The molecule has 1 heterocycles. The normalized spacial score (nSPS) is 10.9. The zero-order valence-electron chi connectivity index (χ0n) is 11.1. The summed E-state index contributed by atoms with van der Waals surface area (Å²) in [4.78, 5) is -1.18. The number of rotatable bonds is 2. The molecule has 0 aliphatic heterocycles. The molecule has 0 aliphatic rings. The first-order valence-corrected chi connectivity index (χ1v) is 7.31. The SMILES string of the molecule is O=S(=O)(O)c1cccc(S(=O)(=O)O)c1.[H-].[Na+].c1nn[nH]n1. The quantitative estimate of drug-likeness (QED) is 0.374. The summed E-state index contributed by atoms with van der Waals surface area (Å²) < 4.78 is 59.5. The first-order chi connectivity index (χ1) is 8.71. The molecule has 0 bridgehead atoms. The van der Waals surface area contributed by atoms with Crippen LogP contribution in [0.2, 0.25) is 0 Å². The molecule has 106 valence electrons. The van der Waals surface area contributed by atoms with Gasteiger partial charge < -0.3 is 1.43 Å². The molecule has 0 fully saturated rings. The summed E-state index contributed by atoms with van der Waals surface area (Å²) in [6.45, 7) is 0. The third-order valence-corrected chi connectivity index (χ3v) is 3.37. The monoisotopic (exact) mass is 332 g/mol. The van der Waals surface area contributed by atoms with Gasteiger partial charge in [-0.25, -0.2) is 0 Å². The van der Waals surface area contributed by atoms with E-state index in [1.807, 2.05) is 0 Å². The van der Waals surface area contributed by atoms with Crippen LogP contribution in [-0.4, -0.2) is 46.6 Å². The molecule has 20 heavy (non-hydrogen) atoms. The fourth-order valence-electron chi connectivity index (χ4n) is 0.924. The Labute approximate surface area is 137 Å². The van der Waals surface area contributed by atoms with Gasteiger partial charge in [-0.2, -0.15) is 22.0 Å². The molecule has 0 unspecified atom stereocenters. The first-order valence-electron chi connectivity index (χ1n) is 4.43. The van der Waals surface area contributed by atoms with E-state index in [-0.39, 0.29) is 31.0 Å². The third-order valence-electron chi connectivity index (χ3n) is 1.67. The van der Waals surface area contributed by atoms with E-state index in [0.29, 0.717) is 6.07 Å². The van der Waals surface area contributed by atoms with E-state index >= 15 is 0 Å². The summed E-state index contributed by atoms with van der Waals surface area (Å²) in [5.41, 5.74) is 0. The number of hydrogen-bond donors (Lipinski definition) is 3. The minimum absolute atomic E-state index is 0. The van der Waals surface area contributed by atoms with E-state index in [4.69, 9.17) is 9.11 Å². The molecule has 2 aromatic rings. The Balaban J connectivity index is 0. The van der Waals surface area contributed by atoms with Crippen molar-refractivity contribution in [2.45, 2.75) is 9.79 Å². The summed E-state index contributed by atoms with van der Waals surface area (Å²) in [6, 6.07) is 3.75.